The third-order valence-corrected chi connectivity index (χ3v) is 3.50. The summed E-state index contributed by atoms with van der Waals surface area (Å²) in [5, 5.41) is 0. The quantitative estimate of drug-likeness (QED) is 0.396. The summed E-state index contributed by atoms with van der Waals surface area (Å²) in [7, 11) is -2.87. The molecular weight excluding hydrogens is 311 g/mol. The number of rotatable bonds is 12. The Labute approximate surface area is 141 Å². The number of benzene rings is 1. The van der Waals surface area contributed by atoms with E-state index in [-0.39, 0.29) is 0 Å². The molecule has 0 saturated carbocycles. The van der Waals surface area contributed by atoms with Gasteiger partial charge in [-0.1, -0.05) is 88.6 Å². The Morgan fingerprint density at radius 3 is 1.87 bits per heavy atom. The van der Waals surface area contributed by atoms with Crippen LogP contribution in [-0.4, -0.2) is 16.4 Å². The number of ether oxygens (including phenoxy) is 1. The minimum atomic E-state index is -2.87. The van der Waals surface area contributed by atoms with Crippen LogP contribution in [0, 0.1) is 0 Å². The SMILES string of the molecule is CCCCCCCCCCCOCc1ccccc1.O=[P+](O)O. The van der Waals surface area contributed by atoms with Gasteiger partial charge in [-0.25, -0.2) is 0 Å². The first-order chi connectivity index (χ1) is 11.2. The zero-order chi connectivity index (χ0) is 17.2. The second-order valence-corrected chi connectivity index (χ2v) is 6.12. The van der Waals surface area contributed by atoms with Crippen molar-refractivity contribution in [3.63, 3.8) is 0 Å². The molecule has 0 heterocycles. The van der Waals surface area contributed by atoms with Gasteiger partial charge in [0.2, 0.25) is 0 Å². The van der Waals surface area contributed by atoms with E-state index in [4.69, 9.17) is 19.1 Å². The summed E-state index contributed by atoms with van der Waals surface area (Å²) >= 11 is 0. The van der Waals surface area contributed by atoms with Crippen LogP contribution in [0.2, 0.25) is 0 Å². The van der Waals surface area contributed by atoms with Crippen molar-refractivity contribution in [2.24, 2.45) is 0 Å². The number of unbranched alkanes of at least 4 members (excludes halogenated alkanes) is 8. The van der Waals surface area contributed by atoms with Crippen LogP contribution in [0.5, 0.6) is 0 Å². The molecule has 4 nitrogen and oxygen atoms in total. The van der Waals surface area contributed by atoms with Gasteiger partial charge in [-0.2, -0.15) is 0 Å². The van der Waals surface area contributed by atoms with E-state index < -0.39 is 8.25 Å². The second kappa shape index (κ2) is 17.6. The molecule has 1 rings (SSSR count). The zero-order valence-electron chi connectivity index (χ0n) is 14.3. The van der Waals surface area contributed by atoms with Crippen molar-refractivity contribution in [3.8, 4) is 0 Å². The number of hydrogen-bond donors (Lipinski definition) is 2. The van der Waals surface area contributed by atoms with Gasteiger partial charge >= 0.3 is 8.25 Å². The molecule has 132 valence electrons. The van der Waals surface area contributed by atoms with Gasteiger partial charge in [0.25, 0.3) is 0 Å². The molecule has 0 fully saturated rings. The Balaban J connectivity index is 0.00000108. The molecule has 0 aromatic heterocycles. The topological polar surface area (TPSA) is 66.8 Å². The summed E-state index contributed by atoms with van der Waals surface area (Å²) in [5.41, 5.74) is 1.28. The third kappa shape index (κ3) is 19.2. The molecule has 1 aromatic rings. The average Bonchev–Trinajstić information content (AvgIpc) is 2.53. The van der Waals surface area contributed by atoms with Crippen LogP contribution >= 0.6 is 8.25 Å². The van der Waals surface area contributed by atoms with Gasteiger partial charge in [-0.05, 0) is 12.0 Å². The van der Waals surface area contributed by atoms with Gasteiger partial charge in [0.05, 0.1) is 6.61 Å². The molecule has 2 N–H and O–H groups in total. The molecule has 0 unspecified atom stereocenters. The molecule has 0 bridgehead atoms. The van der Waals surface area contributed by atoms with Gasteiger partial charge < -0.3 is 4.74 Å². The van der Waals surface area contributed by atoms with E-state index in [1.165, 1.54) is 63.4 Å². The first-order valence-electron chi connectivity index (χ1n) is 8.63. The Hall–Kier alpha value is -0.800. The van der Waals surface area contributed by atoms with Crippen molar-refractivity contribution in [1.82, 2.24) is 0 Å². The average molecular weight is 343 g/mol. The molecule has 0 amide bonds. The lowest BCUT2D eigenvalue weighted by molar-refractivity contribution is 0.116. The van der Waals surface area contributed by atoms with Crippen molar-refractivity contribution in [2.75, 3.05) is 6.61 Å². The normalized spacial score (nSPS) is 10.0. The molecule has 0 saturated heterocycles. The Morgan fingerprint density at radius 2 is 1.35 bits per heavy atom. The van der Waals surface area contributed by atoms with E-state index >= 15 is 0 Å². The molecule has 23 heavy (non-hydrogen) atoms. The van der Waals surface area contributed by atoms with Crippen molar-refractivity contribution < 1.29 is 19.1 Å². The summed E-state index contributed by atoms with van der Waals surface area (Å²) in [5.74, 6) is 0. The molecule has 5 heteroatoms. The van der Waals surface area contributed by atoms with E-state index in [2.05, 4.69) is 31.2 Å². The maximum Gasteiger partial charge on any atom is 0.692 e. The summed E-state index contributed by atoms with van der Waals surface area (Å²) in [6.07, 6.45) is 12.3. The molecular formula is C18H32O4P+. The van der Waals surface area contributed by atoms with Crippen LogP contribution in [0.1, 0.15) is 70.3 Å². The van der Waals surface area contributed by atoms with Crippen LogP contribution in [0.25, 0.3) is 0 Å². The van der Waals surface area contributed by atoms with E-state index in [0.717, 1.165) is 13.2 Å². The van der Waals surface area contributed by atoms with E-state index in [0.29, 0.717) is 0 Å². The van der Waals surface area contributed by atoms with E-state index in [9.17, 15) is 0 Å². The number of hydrogen-bond acceptors (Lipinski definition) is 2. The molecule has 0 radical (unpaired) electrons. The standard InChI is InChI=1S/C18H30O.HO3P/c1-2-3-4-5-6-7-8-9-13-16-19-17-18-14-11-10-12-15-18;1-4(2)3/h10-12,14-15H,2-9,13,16-17H2,1H3;(H-,1,2,3)/p+1. The highest BCUT2D eigenvalue weighted by Crippen LogP contribution is 2.10. The Bertz CT molecular complexity index is 367. The molecule has 0 aliphatic heterocycles. The lowest BCUT2D eigenvalue weighted by Crippen LogP contribution is -1.95. The molecule has 0 spiro atoms. The van der Waals surface area contributed by atoms with Gasteiger partial charge in [0, 0.05) is 11.2 Å². The molecule has 0 aliphatic carbocycles. The fraction of sp³-hybridized carbons (Fsp3) is 0.667. The maximum atomic E-state index is 8.70. The lowest BCUT2D eigenvalue weighted by Gasteiger charge is -2.04. The van der Waals surface area contributed by atoms with Gasteiger partial charge in [0.15, 0.2) is 0 Å². The summed E-state index contributed by atoms with van der Waals surface area (Å²) in [6, 6.07) is 10.4. The van der Waals surface area contributed by atoms with Crippen LogP contribution in [0.3, 0.4) is 0 Å². The predicted octanol–water partition coefficient (Wildman–Crippen LogP) is 5.36. The third-order valence-electron chi connectivity index (χ3n) is 3.50. The van der Waals surface area contributed by atoms with Crippen molar-refractivity contribution in [3.05, 3.63) is 35.9 Å². The Morgan fingerprint density at radius 1 is 0.870 bits per heavy atom. The highest BCUT2D eigenvalue weighted by molar-refractivity contribution is 7.30. The summed E-state index contributed by atoms with van der Waals surface area (Å²) < 4.78 is 14.4. The first kappa shape index (κ1) is 22.2. The second-order valence-electron chi connectivity index (χ2n) is 5.62. The van der Waals surface area contributed by atoms with Crippen LogP contribution in [0.15, 0.2) is 30.3 Å². The van der Waals surface area contributed by atoms with Crippen LogP contribution in [0.4, 0.5) is 0 Å². The smallest absolute Gasteiger partial charge is 0.377 e. The van der Waals surface area contributed by atoms with Gasteiger partial charge in [-0.15, -0.1) is 9.79 Å². The molecule has 0 atom stereocenters. The van der Waals surface area contributed by atoms with E-state index in [1.54, 1.807) is 0 Å². The van der Waals surface area contributed by atoms with Crippen molar-refractivity contribution >= 4 is 8.25 Å². The van der Waals surface area contributed by atoms with Crippen molar-refractivity contribution in [1.29, 1.82) is 0 Å². The van der Waals surface area contributed by atoms with E-state index in [1.807, 2.05) is 6.07 Å². The predicted molar refractivity (Wildman–Crippen MR) is 95.4 cm³/mol. The fourth-order valence-corrected chi connectivity index (χ4v) is 2.28. The Kier molecular flexibility index (Phi) is 16.9. The van der Waals surface area contributed by atoms with Gasteiger partial charge in [0.1, 0.15) is 0 Å². The summed E-state index contributed by atoms with van der Waals surface area (Å²) in [6.45, 7) is 3.94. The highest BCUT2D eigenvalue weighted by Gasteiger charge is 1.94. The zero-order valence-corrected chi connectivity index (χ0v) is 15.2. The monoisotopic (exact) mass is 343 g/mol. The summed E-state index contributed by atoms with van der Waals surface area (Å²) in [4.78, 5) is 14.2. The van der Waals surface area contributed by atoms with Crippen molar-refractivity contribution in [2.45, 2.75) is 71.3 Å². The fourth-order valence-electron chi connectivity index (χ4n) is 2.28. The first-order valence-corrected chi connectivity index (χ1v) is 9.80. The maximum absolute atomic E-state index is 8.70. The molecule has 1 aromatic carbocycles. The van der Waals surface area contributed by atoms with Crippen LogP contribution < -0.4 is 0 Å². The molecule has 0 aliphatic rings. The van der Waals surface area contributed by atoms with Crippen LogP contribution in [-0.2, 0) is 15.9 Å². The minimum Gasteiger partial charge on any atom is -0.377 e. The lowest BCUT2D eigenvalue weighted by atomic mass is 10.1. The minimum absolute atomic E-state index is 0.762. The van der Waals surface area contributed by atoms with Gasteiger partial charge in [-0.3, -0.25) is 0 Å². The largest absolute Gasteiger partial charge is 0.692 e. The highest BCUT2D eigenvalue weighted by atomic mass is 31.1.